The molecular formula is C43H26N4. The minimum absolute atomic E-state index is 0.642. The quantitative estimate of drug-likeness (QED) is 0.202. The summed E-state index contributed by atoms with van der Waals surface area (Å²) in [6.07, 6.45) is 0. The van der Waals surface area contributed by atoms with Crippen LogP contribution in [0.15, 0.2) is 158 Å². The molecule has 0 bridgehead atoms. The van der Waals surface area contributed by atoms with Crippen LogP contribution in [0.25, 0.3) is 94.7 Å². The van der Waals surface area contributed by atoms with Gasteiger partial charge >= 0.3 is 0 Å². The van der Waals surface area contributed by atoms with Gasteiger partial charge in [0, 0.05) is 38.5 Å². The van der Waals surface area contributed by atoms with Crippen molar-refractivity contribution >= 4 is 32.6 Å². The molecule has 0 spiro atoms. The molecule has 2 aromatic heterocycles. The van der Waals surface area contributed by atoms with E-state index in [1.807, 2.05) is 60.7 Å². The van der Waals surface area contributed by atoms with Gasteiger partial charge in [0.05, 0.1) is 11.0 Å². The van der Waals surface area contributed by atoms with Crippen molar-refractivity contribution in [2.45, 2.75) is 0 Å². The van der Waals surface area contributed by atoms with Crippen molar-refractivity contribution in [3.63, 3.8) is 0 Å². The molecule has 0 N–H and O–H groups in total. The van der Waals surface area contributed by atoms with Crippen molar-refractivity contribution in [1.29, 1.82) is 0 Å². The van der Waals surface area contributed by atoms with E-state index in [1.165, 1.54) is 54.8 Å². The Morgan fingerprint density at radius 2 is 0.894 bits per heavy atom. The number of rotatable bonds is 4. The Kier molecular flexibility index (Phi) is 5.54. The molecule has 1 aliphatic carbocycles. The van der Waals surface area contributed by atoms with Crippen molar-refractivity contribution in [3.8, 4) is 62.1 Å². The SMILES string of the molecule is c1ccc(-c2nc(-c3ccccc3)nc(-c3cccc(-n4c5ccccc5c5cc6c7c(cccc7c54)-c4ccccc4-6)c3)n2)cc1. The van der Waals surface area contributed by atoms with E-state index in [9.17, 15) is 0 Å². The van der Waals surface area contributed by atoms with Crippen LogP contribution < -0.4 is 0 Å². The fourth-order valence-electron chi connectivity index (χ4n) is 7.31. The molecule has 4 nitrogen and oxygen atoms in total. The summed E-state index contributed by atoms with van der Waals surface area (Å²) in [5, 5.41) is 5.06. The van der Waals surface area contributed by atoms with Crippen LogP contribution in [0.4, 0.5) is 0 Å². The zero-order valence-corrected chi connectivity index (χ0v) is 25.3. The molecule has 9 aromatic rings. The fourth-order valence-corrected chi connectivity index (χ4v) is 7.31. The number of para-hydroxylation sites is 1. The zero-order chi connectivity index (χ0) is 30.9. The van der Waals surface area contributed by atoms with Crippen LogP contribution in [0.2, 0.25) is 0 Å². The number of nitrogens with zero attached hydrogens (tertiary/aromatic N) is 4. The van der Waals surface area contributed by atoms with Gasteiger partial charge in [-0.2, -0.15) is 0 Å². The van der Waals surface area contributed by atoms with Crippen molar-refractivity contribution < 1.29 is 0 Å². The molecule has 0 saturated heterocycles. The molecule has 0 aliphatic heterocycles. The molecule has 7 aromatic carbocycles. The van der Waals surface area contributed by atoms with Crippen LogP contribution >= 0.6 is 0 Å². The highest BCUT2D eigenvalue weighted by Crippen LogP contribution is 2.51. The Morgan fingerprint density at radius 3 is 1.62 bits per heavy atom. The molecule has 0 amide bonds. The molecule has 1 aliphatic rings. The summed E-state index contributed by atoms with van der Waals surface area (Å²) < 4.78 is 2.41. The third-order valence-corrected chi connectivity index (χ3v) is 9.36. The van der Waals surface area contributed by atoms with E-state index in [-0.39, 0.29) is 0 Å². The lowest BCUT2D eigenvalue weighted by Gasteiger charge is -2.13. The van der Waals surface area contributed by atoms with Crippen LogP contribution in [-0.4, -0.2) is 19.5 Å². The summed E-state index contributed by atoms with van der Waals surface area (Å²) in [7, 11) is 0. The maximum Gasteiger partial charge on any atom is 0.164 e. The van der Waals surface area contributed by atoms with E-state index in [0.717, 1.165) is 22.4 Å². The topological polar surface area (TPSA) is 43.6 Å². The number of fused-ring (bicyclic) bond motifs is 7. The van der Waals surface area contributed by atoms with Gasteiger partial charge in [0.15, 0.2) is 17.5 Å². The van der Waals surface area contributed by atoms with Gasteiger partial charge in [-0.15, -0.1) is 0 Å². The molecule has 47 heavy (non-hydrogen) atoms. The summed E-state index contributed by atoms with van der Waals surface area (Å²) in [6.45, 7) is 0. The van der Waals surface area contributed by atoms with Gasteiger partial charge in [0.25, 0.3) is 0 Å². The highest BCUT2D eigenvalue weighted by atomic mass is 15.0. The van der Waals surface area contributed by atoms with Crippen molar-refractivity contribution in [2.75, 3.05) is 0 Å². The Morgan fingerprint density at radius 1 is 0.362 bits per heavy atom. The Bertz CT molecular complexity index is 2620. The van der Waals surface area contributed by atoms with E-state index in [1.54, 1.807) is 0 Å². The van der Waals surface area contributed by atoms with Gasteiger partial charge in [0.2, 0.25) is 0 Å². The lowest BCUT2D eigenvalue weighted by Crippen LogP contribution is -2.01. The molecule has 218 valence electrons. The van der Waals surface area contributed by atoms with Crippen molar-refractivity contribution in [1.82, 2.24) is 19.5 Å². The minimum Gasteiger partial charge on any atom is -0.309 e. The van der Waals surface area contributed by atoms with E-state index in [2.05, 4.69) is 102 Å². The largest absolute Gasteiger partial charge is 0.309 e. The molecule has 0 saturated carbocycles. The van der Waals surface area contributed by atoms with E-state index in [0.29, 0.717) is 17.5 Å². The number of hydrogen-bond acceptors (Lipinski definition) is 3. The number of aromatic nitrogens is 4. The Hall–Kier alpha value is -6.39. The summed E-state index contributed by atoms with van der Waals surface area (Å²) in [4.78, 5) is 14.9. The van der Waals surface area contributed by atoms with Crippen LogP contribution in [0, 0.1) is 0 Å². The first-order valence-corrected chi connectivity index (χ1v) is 15.9. The van der Waals surface area contributed by atoms with Crippen molar-refractivity contribution in [2.24, 2.45) is 0 Å². The standard InChI is InChI=1S/C43H26N4/c1-3-13-27(14-4-1)41-44-42(28-15-5-2-6-16-28)46-43(45-41)29-17-11-18-30(25-29)47-38-24-10-9-21-33(38)37-26-36-32-20-8-7-19-31(32)34-22-12-23-35(39(34)36)40(37)47/h1-26H. The number of benzene rings is 7. The van der Waals surface area contributed by atoms with Gasteiger partial charge in [-0.3, -0.25) is 0 Å². The smallest absolute Gasteiger partial charge is 0.164 e. The van der Waals surface area contributed by atoms with Crippen LogP contribution in [-0.2, 0) is 0 Å². The molecular weight excluding hydrogens is 573 g/mol. The van der Waals surface area contributed by atoms with Gasteiger partial charge < -0.3 is 4.57 Å². The van der Waals surface area contributed by atoms with E-state index in [4.69, 9.17) is 15.0 Å². The summed E-state index contributed by atoms with van der Waals surface area (Å²) in [5.41, 5.74) is 11.5. The maximum atomic E-state index is 5.02. The second kappa shape index (κ2) is 10.1. The first kappa shape index (κ1) is 25.9. The minimum atomic E-state index is 0.642. The Labute approximate surface area is 271 Å². The molecule has 2 heterocycles. The molecule has 0 atom stereocenters. The highest BCUT2D eigenvalue weighted by Gasteiger charge is 2.25. The monoisotopic (exact) mass is 598 g/mol. The van der Waals surface area contributed by atoms with Gasteiger partial charge in [-0.1, -0.05) is 133 Å². The third kappa shape index (κ3) is 3.92. The lowest BCUT2D eigenvalue weighted by molar-refractivity contribution is 1.07. The summed E-state index contributed by atoms with van der Waals surface area (Å²) in [5.74, 6) is 1.95. The predicted octanol–water partition coefficient (Wildman–Crippen LogP) is 10.8. The average Bonchev–Trinajstić information content (AvgIpc) is 3.66. The second-order valence-corrected chi connectivity index (χ2v) is 12.0. The second-order valence-electron chi connectivity index (χ2n) is 12.0. The first-order valence-electron chi connectivity index (χ1n) is 15.9. The summed E-state index contributed by atoms with van der Waals surface area (Å²) in [6, 6.07) is 55.5. The van der Waals surface area contributed by atoms with Crippen LogP contribution in [0.1, 0.15) is 0 Å². The molecule has 0 radical (unpaired) electrons. The van der Waals surface area contributed by atoms with Gasteiger partial charge in [-0.25, -0.2) is 15.0 Å². The highest BCUT2D eigenvalue weighted by molar-refractivity contribution is 6.27. The first-order chi connectivity index (χ1) is 23.3. The molecule has 4 heteroatoms. The normalized spacial score (nSPS) is 11.8. The van der Waals surface area contributed by atoms with Crippen LogP contribution in [0.3, 0.4) is 0 Å². The van der Waals surface area contributed by atoms with E-state index >= 15 is 0 Å². The van der Waals surface area contributed by atoms with Gasteiger partial charge in [-0.05, 0) is 51.9 Å². The predicted molar refractivity (Wildman–Crippen MR) is 192 cm³/mol. The fraction of sp³-hybridized carbons (Fsp3) is 0. The molecule has 0 unspecified atom stereocenters. The van der Waals surface area contributed by atoms with Gasteiger partial charge in [0.1, 0.15) is 0 Å². The Balaban J connectivity index is 1.23. The summed E-state index contributed by atoms with van der Waals surface area (Å²) >= 11 is 0. The third-order valence-electron chi connectivity index (χ3n) is 9.36. The maximum absolute atomic E-state index is 5.02. The van der Waals surface area contributed by atoms with Crippen molar-refractivity contribution in [3.05, 3.63) is 158 Å². The molecule has 10 rings (SSSR count). The molecule has 0 fully saturated rings. The van der Waals surface area contributed by atoms with E-state index < -0.39 is 0 Å². The average molecular weight is 599 g/mol. The lowest BCUT2D eigenvalue weighted by atomic mass is 9.99. The zero-order valence-electron chi connectivity index (χ0n) is 25.3. The van der Waals surface area contributed by atoms with Crippen LogP contribution in [0.5, 0.6) is 0 Å². The number of hydrogen-bond donors (Lipinski definition) is 0.